The number of alkyl halides is 1. The number of hydrogen-bond donors (Lipinski definition) is 1. The Morgan fingerprint density at radius 1 is 1.82 bits per heavy atom. The fourth-order valence-electron chi connectivity index (χ4n) is 0.701. The van der Waals surface area contributed by atoms with Crippen molar-refractivity contribution in [2.75, 3.05) is 11.1 Å². The number of ketones is 1. The van der Waals surface area contributed by atoms with Crippen LogP contribution in [0, 0.1) is 5.92 Å². The number of carbonyl (C=O) groups excluding carboxylic acids is 1. The number of hydrogen-bond acceptors (Lipinski definition) is 2. The third-order valence-corrected chi connectivity index (χ3v) is 1.91. The largest absolute Gasteiger partial charge is 0.301 e. The zero-order valence-electron chi connectivity index (χ0n) is 6.77. The molecule has 1 N–H and O–H groups in total. The number of halogens is 1. The highest BCUT2D eigenvalue weighted by Crippen LogP contribution is 2.01. The minimum absolute atomic E-state index is 0.258. The third kappa shape index (κ3) is 6.50. The fraction of sp³-hybridized carbons (Fsp3) is 0.625. The van der Waals surface area contributed by atoms with Gasteiger partial charge in [0.05, 0.1) is 6.54 Å². The van der Waals surface area contributed by atoms with Gasteiger partial charge in [-0.1, -0.05) is 35.6 Å². The molecule has 0 aliphatic heterocycles. The van der Waals surface area contributed by atoms with Crippen molar-refractivity contribution in [3.05, 3.63) is 12.7 Å². The van der Waals surface area contributed by atoms with Crippen LogP contribution in [0.15, 0.2) is 12.7 Å². The zero-order chi connectivity index (χ0) is 8.69. The average molecular weight is 267 g/mol. The van der Waals surface area contributed by atoms with E-state index in [2.05, 4.69) is 34.5 Å². The molecule has 64 valence electrons. The van der Waals surface area contributed by atoms with E-state index in [1.165, 1.54) is 0 Å². The first kappa shape index (κ1) is 11.1. The number of allylic oxidation sites excluding steroid dienone is 1. The van der Waals surface area contributed by atoms with Gasteiger partial charge in [0.15, 0.2) is 0 Å². The van der Waals surface area contributed by atoms with E-state index in [9.17, 15) is 4.79 Å². The van der Waals surface area contributed by atoms with Crippen molar-refractivity contribution in [2.24, 2.45) is 5.92 Å². The quantitative estimate of drug-likeness (QED) is 0.344. The van der Waals surface area contributed by atoms with Crippen molar-refractivity contribution in [1.82, 2.24) is 5.32 Å². The maximum atomic E-state index is 11.1. The van der Waals surface area contributed by atoms with Gasteiger partial charge in [0, 0.05) is 11.0 Å². The molecular formula is C8H14INO. The molecule has 11 heavy (non-hydrogen) atoms. The van der Waals surface area contributed by atoms with Crippen molar-refractivity contribution in [2.45, 2.75) is 13.3 Å². The van der Waals surface area contributed by atoms with Gasteiger partial charge in [0.2, 0.25) is 0 Å². The highest BCUT2D eigenvalue weighted by atomic mass is 127. The summed E-state index contributed by atoms with van der Waals surface area (Å²) in [7, 11) is 0. The number of carbonyl (C=O) groups is 1. The van der Waals surface area contributed by atoms with Crippen LogP contribution in [-0.2, 0) is 4.79 Å². The van der Waals surface area contributed by atoms with Gasteiger partial charge in [-0.3, -0.25) is 4.79 Å². The Labute approximate surface area is 81.6 Å². The van der Waals surface area contributed by atoms with Crippen LogP contribution in [0.3, 0.4) is 0 Å². The van der Waals surface area contributed by atoms with Crippen LogP contribution in [-0.4, -0.2) is 16.9 Å². The Kier molecular flexibility index (Phi) is 6.85. The predicted octanol–water partition coefficient (Wildman–Crippen LogP) is 1.75. The second kappa shape index (κ2) is 6.79. The molecule has 0 aliphatic carbocycles. The highest BCUT2D eigenvalue weighted by molar-refractivity contribution is 14.1. The standard InChI is InChI=1S/C8H14INO/c1-3-7(2)4-8(11)5-10-6-9/h3,7,10H,1,4-6H2,2H3. The normalized spacial score (nSPS) is 12.5. The molecule has 0 aliphatic rings. The summed E-state index contributed by atoms with van der Waals surface area (Å²) in [6.07, 6.45) is 2.41. The Balaban J connectivity index is 3.43. The first-order chi connectivity index (χ1) is 5.20. The zero-order valence-corrected chi connectivity index (χ0v) is 8.93. The summed E-state index contributed by atoms with van der Waals surface area (Å²) >= 11 is 2.18. The number of nitrogens with one attached hydrogen (secondary N) is 1. The second-order valence-electron chi connectivity index (χ2n) is 2.52. The van der Waals surface area contributed by atoms with Crippen LogP contribution in [0.2, 0.25) is 0 Å². The minimum atomic E-state index is 0.258. The van der Waals surface area contributed by atoms with Crippen LogP contribution in [0.5, 0.6) is 0 Å². The molecule has 2 nitrogen and oxygen atoms in total. The molecule has 0 aromatic carbocycles. The Bertz CT molecular complexity index is 136. The van der Waals surface area contributed by atoms with Crippen molar-refractivity contribution in [3.63, 3.8) is 0 Å². The lowest BCUT2D eigenvalue weighted by molar-refractivity contribution is -0.118. The molecule has 3 heteroatoms. The third-order valence-electron chi connectivity index (χ3n) is 1.37. The molecule has 0 bridgehead atoms. The maximum Gasteiger partial charge on any atom is 0.147 e. The van der Waals surface area contributed by atoms with E-state index in [0.29, 0.717) is 18.9 Å². The van der Waals surface area contributed by atoms with Gasteiger partial charge in [0.25, 0.3) is 0 Å². The molecule has 0 radical (unpaired) electrons. The summed E-state index contributed by atoms with van der Waals surface area (Å²) in [6.45, 7) is 6.10. The lowest BCUT2D eigenvalue weighted by Gasteiger charge is -2.03. The van der Waals surface area contributed by atoms with Gasteiger partial charge in [-0.05, 0) is 5.92 Å². The molecule has 0 saturated heterocycles. The van der Waals surface area contributed by atoms with Crippen LogP contribution in [0.1, 0.15) is 13.3 Å². The molecule has 0 aromatic heterocycles. The molecular weight excluding hydrogens is 253 g/mol. The van der Waals surface area contributed by atoms with Gasteiger partial charge < -0.3 is 5.32 Å². The van der Waals surface area contributed by atoms with Crippen molar-refractivity contribution < 1.29 is 4.79 Å². The van der Waals surface area contributed by atoms with Gasteiger partial charge in [-0.25, -0.2) is 0 Å². The molecule has 0 amide bonds. The average Bonchev–Trinajstić information content (AvgIpc) is 2.00. The SMILES string of the molecule is C=CC(C)CC(=O)CNCI. The van der Waals surface area contributed by atoms with E-state index in [-0.39, 0.29) is 5.78 Å². The minimum Gasteiger partial charge on any atom is -0.301 e. The van der Waals surface area contributed by atoms with E-state index in [1.807, 2.05) is 13.0 Å². The molecule has 0 saturated carbocycles. The molecule has 0 fully saturated rings. The van der Waals surface area contributed by atoms with Crippen LogP contribution in [0.25, 0.3) is 0 Å². The number of Topliss-reactive ketones (excluding diaryl/α,β-unsaturated/α-hetero) is 1. The molecule has 0 rings (SSSR count). The van der Waals surface area contributed by atoms with Gasteiger partial charge in [-0.2, -0.15) is 0 Å². The van der Waals surface area contributed by atoms with Crippen molar-refractivity contribution in [3.8, 4) is 0 Å². The second-order valence-corrected chi connectivity index (χ2v) is 3.28. The summed E-state index contributed by atoms with van der Waals surface area (Å²) in [6, 6.07) is 0. The van der Waals surface area contributed by atoms with E-state index < -0.39 is 0 Å². The predicted molar refractivity (Wildman–Crippen MR) is 55.9 cm³/mol. The van der Waals surface area contributed by atoms with Crippen LogP contribution < -0.4 is 5.32 Å². The Hall–Kier alpha value is 0.1000. The van der Waals surface area contributed by atoms with Crippen molar-refractivity contribution in [1.29, 1.82) is 0 Å². The topological polar surface area (TPSA) is 29.1 Å². The maximum absolute atomic E-state index is 11.1. The molecule has 1 atom stereocenters. The van der Waals surface area contributed by atoms with Crippen LogP contribution in [0.4, 0.5) is 0 Å². The monoisotopic (exact) mass is 267 g/mol. The van der Waals surface area contributed by atoms with Crippen LogP contribution >= 0.6 is 22.6 Å². The Morgan fingerprint density at radius 3 is 2.91 bits per heavy atom. The van der Waals surface area contributed by atoms with E-state index >= 15 is 0 Å². The summed E-state index contributed by atoms with van der Waals surface area (Å²) in [5, 5.41) is 2.98. The van der Waals surface area contributed by atoms with Crippen molar-refractivity contribution >= 4 is 28.4 Å². The van der Waals surface area contributed by atoms with E-state index in [4.69, 9.17) is 0 Å². The van der Waals surface area contributed by atoms with E-state index in [0.717, 1.165) is 4.55 Å². The first-order valence-corrected chi connectivity index (χ1v) is 5.14. The van der Waals surface area contributed by atoms with Gasteiger partial charge in [0.1, 0.15) is 5.78 Å². The summed E-state index contributed by atoms with van der Waals surface area (Å²) in [5.74, 6) is 0.563. The van der Waals surface area contributed by atoms with Gasteiger partial charge in [-0.15, -0.1) is 6.58 Å². The summed E-state index contributed by atoms with van der Waals surface area (Å²) < 4.78 is 0.825. The fourth-order valence-corrected chi connectivity index (χ4v) is 0.971. The lowest BCUT2D eigenvalue weighted by atomic mass is 10.1. The summed E-state index contributed by atoms with van der Waals surface area (Å²) in [5.41, 5.74) is 0. The first-order valence-electron chi connectivity index (χ1n) is 3.61. The smallest absolute Gasteiger partial charge is 0.147 e. The lowest BCUT2D eigenvalue weighted by Crippen LogP contribution is -2.22. The molecule has 0 aromatic rings. The summed E-state index contributed by atoms with van der Waals surface area (Å²) in [4.78, 5) is 11.1. The Morgan fingerprint density at radius 2 is 2.45 bits per heavy atom. The highest BCUT2D eigenvalue weighted by Gasteiger charge is 2.04. The number of rotatable bonds is 6. The molecule has 0 heterocycles. The van der Waals surface area contributed by atoms with Gasteiger partial charge >= 0.3 is 0 Å². The molecule has 1 unspecified atom stereocenters. The van der Waals surface area contributed by atoms with E-state index in [1.54, 1.807) is 0 Å². The molecule has 0 spiro atoms.